The highest BCUT2D eigenvalue weighted by Gasteiger charge is 2.30. The number of halogens is 3. The number of hydrogen-bond acceptors (Lipinski definition) is 9. The molecule has 12 heteroatoms. The van der Waals surface area contributed by atoms with Crippen molar-refractivity contribution in [3.05, 3.63) is 83.6 Å². The standard InChI is InChI=1S/C27H24F3N9/c1-18-7-9-21(10-8-18)33-24-35-25(34-22-6-2-5-20(16-22)27(28,29)30)37-26(36-24)39-14-12-38(13-15-39)23-19(17-31)4-3-11-32-23/h2-11,16H,12-15H2,1H3,(H2,33,34,35,36,37). The smallest absolute Gasteiger partial charge is 0.352 e. The van der Waals surface area contributed by atoms with E-state index in [1.54, 1.807) is 18.3 Å². The van der Waals surface area contributed by atoms with Gasteiger partial charge in [-0.05, 0) is 49.4 Å². The average molecular weight is 532 g/mol. The van der Waals surface area contributed by atoms with Crippen molar-refractivity contribution in [2.45, 2.75) is 13.1 Å². The molecular formula is C27H24F3N9. The summed E-state index contributed by atoms with van der Waals surface area (Å²) in [5.41, 5.74) is 1.78. The van der Waals surface area contributed by atoms with Crippen LogP contribution in [0.5, 0.6) is 0 Å². The lowest BCUT2D eigenvalue weighted by molar-refractivity contribution is -0.137. The van der Waals surface area contributed by atoms with Crippen LogP contribution in [-0.4, -0.2) is 46.1 Å². The van der Waals surface area contributed by atoms with E-state index in [1.165, 1.54) is 12.1 Å². The molecule has 2 aromatic carbocycles. The molecule has 39 heavy (non-hydrogen) atoms. The molecule has 0 spiro atoms. The number of nitrogens with zero attached hydrogens (tertiary/aromatic N) is 7. The fraction of sp³-hybridized carbons (Fsp3) is 0.222. The van der Waals surface area contributed by atoms with Crippen molar-refractivity contribution in [3.8, 4) is 6.07 Å². The maximum Gasteiger partial charge on any atom is 0.416 e. The number of nitriles is 1. The maximum atomic E-state index is 13.2. The van der Waals surface area contributed by atoms with Crippen LogP contribution < -0.4 is 20.4 Å². The van der Waals surface area contributed by atoms with E-state index < -0.39 is 11.7 Å². The summed E-state index contributed by atoms with van der Waals surface area (Å²) in [7, 11) is 0. The van der Waals surface area contributed by atoms with E-state index in [0.717, 1.165) is 23.4 Å². The number of alkyl halides is 3. The van der Waals surface area contributed by atoms with Gasteiger partial charge in [0, 0.05) is 43.8 Å². The maximum absolute atomic E-state index is 13.2. The first-order valence-corrected chi connectivity index (χ1v) is 12.2. The first-order valence-electron chi connectivity index (χ1n) is 12.2. The van der Waals surface area contributed by atoms with Crippen LogP contribution in [0.3, 0.4) is 0 Å². The summed E-state index contributed by atoms with van der Waals surface area (Å²) in [6.45, 7) is 4.21. The molecule has 4 aromatic rings. The molecule has 1 aliphatic heterocycles. The summed E-state index contributed by atoms with van der Waals surface area (Å²) < 4.78 is 39.7. The lowest BCUT2D eigenvalue weighted by Gasteiger charge is -2.35. The Bertz CT molecular complexity index is 1490. The number of piperazine rings is 1. The van der Waals surface area contributed by atoms with Crippen molar-refractivity contribution in [2.24, 2.45) is 0 Å². The number of pyridine rings is 1. The number of benzene rings is 2. The first-order chi connectivity index (χ1) is 18.8. The fourth-order valence-corrected chi connectivity index (χ4v) is 4.14. The van der Waals surface area contributed by atoms with Gasteiger partial charge in [-0.2, -0.15) is 33.4 Å². The van der Waals surface area contributed by atoms with E-state index in [0.29, 0.717) is 43.5 Å². The largest absolute Gasteiger partial charge is 0.416 e. The summed E-state index contributed by atoms with van der Waals surface area (Å²) in [5, 5.41) is 15.5. The second kappa shape index (κ2) is 10.8. The summed E-state index contributed by atoms with van der Waals surface area (Å²) in [6.07, 6.45) is -2.82. The Morgan fingerprint density at radius 1 is 0.821 bits per heavy atom. The predicted octanol–water partition coefficient (Wildman–Crippen LogP) is 5.28. The normalized spacial score (nSPS) is 13.6. The molecule has 3 heterocycles. The van der Waals surface area contributed by atoms with Crippen molar-refractivity contribution in [3.63, 3.8) is 0 Å². The van der Waals surface area contributed by atoms with Gasteiger partial charge < -0.3 is 20.4 Å². The molecule has 198 valence electrons. The number of rotatable bonds is 6. The fourth-order valence-electron chi connectivity index (χ4n) is 4.14. The molecule has 1 aliphatic rings. The van der Waals surface area contributed by atoms with Gasteiger partial charge in [-0.3, -0.25) is 0 Å². The Morgan fingerprint density at radius 3 is 2.15 bits per heavy atom. The number of aryl methyl sites for hydroxylation is 1. The number of hydrogen-bond donors (Lipinski definition) is 2. The van der Waals surface area contributed by atoms with E-state index in [4.69, 9.17) is 0 Å². The van der Waals surface area contributed by atoms with Gasteiger partial charge in [0.2, 0.25) is 17.8 Å². The third-order valence-electron chi connectivity index (χ3n) is 6.15. The molecular weight excluding hydrogens is 507 g/mol. The van der Waals surface area contributed by atoms with E-state index in [1.807, 2.05) is 41.0 Å². The number of aromatic nitrogens is 4. The molecule has 5 rings (SSSR count). The van der Waals surface area contributed by atoms with Gasteiger partial charge in [-0.25, -0.2) is 4.98 Å². The van der Waals surface area contributed by atoms with Gasteiger partial charge in [-0.15, -0.1) is 0 Å². The van der Waals surface area contributed by atoms with Crippen molar-refractivity contribution in [1.29, 1.82) is 5.26 Å². The quantitative estimate of drug-likeness (QED) is 0.344. The second-order valence-corrected chi connectivity index (χ2v) is 8.94. The summed E-state index contributed by atoms with van der Waals surface area (Å²) in [4.78, 5) is 21.9. The Kier molecular flexibility index (Phi) is 7.14. The molecule has 2 N–H and O–H groups in total. The highest BCUT2D eigenvalue weighted by molar-refractivity contribution is 5.61. The van der Waals surface area contributed by atoms with Crippen LogP contribution in [0.4, 0.5) is 48.2 Å². The van der Waals surface area contributed by atoms with E-state index in [2.05, 4.69) is 36.6 Å². The average Bonchev–Trinajstić information content (AvgIpc) is 2.94. The molecule has 0 atom stereocenters. The highest BCUT2D eigenvalue weighted by Crippen LogP contribution is 2.31. The second-order valence-electron chi connectivity index (χ2n) is 8.94. The third-order valence-corrected chi connectivity index (χ3v) is 6.15. The van der Waals surface area contributed by atoms with Crippen LogP contribution in [0.25, 0.3) is 0 Å². The first kappa shape index (κ1) is 25.7. The van der Waals surface area contributed by atoms with Gasteiger partial charge in [0.1, 0.15) is 11.9 Å². The zero-order valence-corrected chi connectivity index (χ0v) is 20.9. The van der Waals surface area contributed by atoms with Crippen LogP contribution in [-0.2, 0) is 6.18 Å². The minimum atomic E-state index is -4.47. The number of nitrogens with one attached hydrogen (secondary N) is 2. The molecule has 0 unspecified atom stereocenters. The Balaban J connectivity index is 1.41. The zero-order chi connectivity index (χ0) is 27.4. The van der Waals surface area contributed by atoms with Crippen LogP contribution >= 0.6 is 0 Å². The monoisotopic (exact) mass is 531 g/mol. The van der Waals surface area contributed by atoms with Gasteiger partial charge in [0.25, 0.3) is 0 Å². The van der Waals surface area contributed by atoms with Gasteiger partial charge >= 0.3 is 6.18 Å². The minimum Gasteiger partial charge on any atom is -0.352 e. The van der Waals surface area contributed by atoms with Crippen LogP contribution in [0.1, 0.15) is 16.7 Å². The topological polar surface area (TPSA) is 106 Å². The van der Waals surface area contributed by atoms with Crippen molar-refractivity contribution in [1.82, 2.24) is 19.9 Å². The third kappa shape index (κ3) is 6.15. The molecule has 1 saturated heterocycles. The molecule has 1 fully saturated rings. The summed E-state index contributed by atoms with van der Waals surface area (Å²) in [6, 6.07) is 18.2. The lowest BCUT2D eigenvalue weighted by atomic mass is 10.2. The van der Waals surface area contributed by atoms with Gasteiger partial charge in [0.15, 0.2) is 0 Å². The SMILES string of the molecule is Cc1ccc(Nc2nc(Nc3cccc(C(F)(F)F)c3)nc(N3CCN(c4ncccc4C#N)CC3)n2)cc1. The molecule has 0 saturated carbocycles. The van der Waals surface area contributed by atoms with Crippen molar-refractivity contribution < 1.29 is 13.2 Å². The molecule has 0 aliphatic carbocycles. The van der Waals surface area contributed by atoms with Crippen LogP contribution in [0, 0.1) is 18.3 Å². The highest BCUT2D eigenvalue weighted by atomic mass is 19.4. The molecule has 0 radical (unpaired) electrons. The van der Waals surface area contributed by atoms with E-state index in [-0.39, 0.29) is 17.6 Å². The van der Waals surface area contributed by atoms with Gasteiger partial charge in [-0.1, -0.05) is 23.8 Å². The summed E-state index contributed by atoms with van der Waals surface area (Å²) >= 11 is 0. The Labute approximate surface area is 223 Å². The summed E-state index contributed by atoms with van der Waals surface area (Å²) in [5.74, 6) is 1.35. The van der Waals surface area contributed by atoms with Crippen molar-refractivity contribution in [2.75, 3.05) is 46.6 Å². The Morgan fingerprint density at radius 2 is 1.49 bits per heavy atom. The Hall–Kier alpha value is -4.92. The van der Waals surface area contributed by atoms with E-state index in [9.17, 15) is 18.4 Å². The molecule has 9 nitrogen and oxygen atoms in total. The molecule has 0 bridgehead atoms. The van der Waals surface area contributed by atoms with E-state index >= 15 is 0 Å². The van der Waals surface area contributed by atoms with Gasteiger partial charge in [0.05, 0.1) is 11.1 Å². The minimum absolute atomic E-state index is 0.104. The van der Waals surface area contributed by atoms with Crippen LogP contribution in [0.2, 0.25) is 0 Å². The zero-order valence-electron chi connectivity index (χ0n) is 20.9. The number of anilines is 6. The predicted molar refractivity (Wildman–Crippen MR) is 142 cm³/mol. The molecule has 0 amide bonds. The lowest BCUT2D eigenvalue weighted by Crippen LogP contribution is -2.47. The van der Waals surface area contributed by atoms with Crippen molar-refractivity contribution >= 4 is 35.0 Å². The van der Waals surface area contributed by atoms with Crippen LogP contribution in [0.15, 0.2) is 66.9 Å². The molecule has 2 aromatic heterocycles.